The Hall–Kier alpha value is -6.98. The van der Waals surface area contributed by atoms with Gasteiger partial charge in [0.15, 0.2) is 23.1 Å². The van der Waals surface area contributed by atoms with Crippen molar-refractivity contribution in [2.24, 2.45) is 0 Å². The molecule has 0 aliphatic carbocycles. The van der Waals surface area contributed by atoms with Gasteiger partial charge in [0.25, 0.3) is 0 Å². The maximum Gasteiger partial charge on any atom is 0.227 e. The van der Waals surface area contributed by atoms with Crippen LogP contribution in [0.15, 0.2) is 174 Å². The normalized spacial score (nSPS) is 11.5. The Morgan fingerprint density at radius 1 is 0.314 bits per heavy atom. The molecule has 5 nitrogen and oxygen atoms in total. The van der Waals surface area contributed by atoms with Gasteiger partial charge in [-0.15, -0.1) is 0 Å². The van der Waals surface area contributed by atoms with Crippen molar-refractivity contribution in [3.63, 3.8) is 0 Å². The molecule has 0 radical (unpaired) electrons. The van der Waals surface area contributed by atoms with Gasteiger partial charge in [-0.1, -0.05) is 140 Å². The summed E-state index contributed by atoms with van der Waals surface area (Å²) in [5.41, 5.74) is 7.48. The molecule has 0 amide bonds. The summed E-state index contributed by atoms with van der Waals surface area (Å²) in [7, 11) is 0. The van der Waals surface area contributed by atoms with Crippen molar-refractivity contribution in [2.75, 3.05) is 0 Å². The first kappa shape index (κ1) is 29.0. The molecule has 0 aliphatic heterocycles. The highest BCUT2D eigenvalue weighted by Crippen LogP contribution is 2.40. The first-order valence-electron chi connectivity index (χ1n) is 17.0. The summed E-state index contributed by atoms with van der Waals surface area (Å²) in [6.45, 7) is 0. The summed E-state index contributed by atoms with van der Waals surface area (Å²) in [4.78, 5) is 20.2. The molecule has 0 bridgehead atoms. The Morgan fingerprint density at radius 2 is 0.824 bits per heavy atom. The molecule has 0 saturated heterocycles. The molecular weight excluding hydrogens is 625 g/mol. The fourth-order valence-corrected chi connectivity index (χ4v) is 6.96. The molecule has 0 saturated carbocycles. The number of nitrogens with zero attached hydrogens (tertiary/aromatic N) is 4. The topological polar surface area (TPSA) is 64.7 Å². The number of hydrogen-bond acceptors (Lipinski definition) is 5. The Balaban J connectivity index is 1.21. The average molecular weight is 653 g/mol. The maximum atomic E-state index is 6.67. The van der Waals surface area contributed by atoms with Crippen molar-refractivity contribution in [3.05, 3.63) is 170 Å². The summed E-state index contributed by atoms with van der Waals surface area (Å²) in [5.74, 6) is 2.41. The summed E-state index contributed by atoms with van der Waals surface area (Å²) in [5, 5.41) is 6.47. The molecule has 10 rings (SSSR count). The van der Waals surface area contributed by atoms with Crippen LogP contribution in [0.1, 0.15) is 0 Å². The predicted octanol–water partition coefficient (Wildman–Crippen LogP) is 11.8. The van der Waals surface area contributed by atoms with E-state index in [1.165, 1.54) is 5.39 Å². The van der Waals surface area contributed by atoms with E-state index >= 15 is 0 Å². The molecule has 0 fully saturated rings. The first-order chi connectivity index (χ1) is 25.2. The lowest BCUT2D eigenvalue weighted by atomic mass is 9.95. The van der Waals surface area contributed by atoms with Crippen LogP contribution in [-0.4, -0.2) is 19.9 Å². The van der Waals surface area contributed by atoms with E-state index in [2.05, 4.69) is 103 Å². The van der Waals surface area contributed by atoms with E-state index in [1.54, 1.807) is 0 Å². The molecule has 8 aromatic carbocycles. The van der Waals surface area contributed by atoms with Crippen molar-refractivity contribution in [3.8, 4) is 56.7 Å². The Kier molecular flexibility index (Phi) is 6.74. The third kappa shape index (κ3) is 5.11. The van der Waals surface area contributed by atoms with Crippen molar-refractivity contribution in [2.45, 2.75) is 0 Å². The van der Waals surface area contributed by atoms with Gasteiger partial charge in [-0.05, 0) is 63.0 Å². The van der Waals surface area contributed by atoms with Crippen LogP contribution in [-0.2, 0) is 0 Å². The lowest BCUT2D eigenvalue weighted by Gasteiger charge is -2.11. The van der Waals surface area contributed by atoms with E-state index in [-0.39, 0.29) is 0 Å². The minimum Gasteiger partial charge on any atom is -0.435 e. The monoisotopic (exact) mass is 652 g/mol. The van der Waals surface area contributed by atoms with Crippen LogP contribution in [0.25, 0.3) is 100 Å². The first-order valence-corrected chi connectivity index (χ1v) is 17.0. The van der Waals surface area contributed by atoms with Gasteiger partial charge in [0.05, 0.1) is 0 Å². The van der Waals surface area contributed by atoms with E-state index in [0.717, 1.165) is 71.4 Å². The van der Waals surface area contributed by atoms with Crippen LogP contribution in [0.2, 0.25) is 0 Å². The molecule has 0 aliphatic rings. The standard InChI is InChI=1S/C46H28N4O/c1-4-12-29(13-5-1)34-22-24-37-38-25-23-36(28-40(38)42-41(39(37)27-34)47-46(51-42)32-17-8-3-9-18-32)45-49-43(31-15-6-2-7-16-31)48-44(50-45)35-21-20-30-14-10-11-19-33(30)26-35/h1-28H. The van der Waals surface area contributed by atoms with Crippen LogP contribution in [0.4, 0.5) is 0 Å². The predicted molar refractivity (Wildman–Crippen MR) is 207 cm³/mol. The molecule has 2 aromatic heterocycles. The quantitative estimate of drug-likeness (QED) is 0.173. The number of hydrogen-bond donors (Lipinski definition) is 0. The second-order valence-corrected chi connectivity index (χ2v) is 12.7. The number of oxazole rings is 1. The Bertz CT molecular complexity index is 2900. The van der Waals surface area contributed by atoms with Crippen LogP contribution >= 0.6 is 0 Å². The van der Waals surface area contributed by atoms with Gasteiger partial charge < -0.3 is 4.42 Å². The number of rotatable bonds is 5. The van der Waals surface area contributed by atoms with Gasteiger partial charge in [0.1, 0.15) is 5.52 Å². The van der Waals surface area contributed by atoms with Crippen molar-refractivity contribution in [1.82, 2.24) is 19.9 Å². The molecule has 10 aromatic rings. The smallest absolute Gasteiger partial charge is 0.227 e. The van der Waals surface area contributed by atoms with E-state index in [0.29, 0.717) is 23.4 Å². The van der Waals surface area contributed by atoms with Gasteiger partial charge in [0, 0.05) is 33.0 Å². The fourth-order valence-electron chi connectivity index (χ4n) is 6.96. The Morgan fingerprint density at radius 3 is 1.53 bits per heavy atom. The van der Waals surface area contributed by atoms with Gasteiger partial charge in [-0.3, -0.25) is 0 Å². The van der Waals surface area contributed by atoms with Crippen LogP contribution in [0, 0.1) is 0 Å². The van der Waals surface area contributed by atoms with E-state index in [1.807, 2.05) is 66.7 Å². The molecule has 51 heavy (non-hydrogen) atoms. The molecule has 0 N–H and O–H groups in total. The van der Waals surface area contributed by atoms with Gasteiger partial charge in [-0.2, -0.15) is 0 Å². The van der Waals surface area contributed by atoms with E-state index in [4.69, 9.17) is 24.4 Å². The zero-order valence-electron chi connectivity index (χ0n) is 27.4. The largest absolute Gasteiger partial charge is 0.435 e. The van der Waals surface area contributed by atoms with Crippen LogP contribution in [0.5, 0.6) is 0 Å². The highest BCUT2D eigenvalue weighted by molar-refractivity contribution is 6.24. The molecule has 238 valence electrons. The highest BCUT2D eigenvalue weighted by atomic mass is 16.3. The molecule has 0 atom stereocenters. The maximum absolute atomic E-state index is 6.67. The third-order valence-electron chi connectivity index (χ3n) is 9.52. The second kappa shape index (κ2) is 11.9. The second-order valence-electron chi connectivity index (χ2n) is 12.7. The van der Waals surface area contributed by atoms with E-state index in [9.17, 15) is 0 Å². The number of aromatic nitrogens is 4. The lowest BCUT2D eigenvalue weighted by molar-refractivity contribution is 0.623. The van der Waals surface area contributed by atoms with Gasteiger partial charge in [-0.25, -0.2) is 19.9 Å². The lowest BCUT2D eigenvalue weighted by Crippen LogP contribution is -2.00. The number of benzene rings is 8. The third-order valence-corrected chi connectivity index (χ3v) is 9.52. The highest BCUT2D eigenvalue weighted by Gasteiger charge is 2.19. The van der Waals surface area contributed by atoms with Gasteiger partial charge >= 0.3 is 0 Å². The van der Waals surface area contributed by atoms with Crippen molar-refractivity contribution >= 4 is 43.4 Å². The molecule has 5 heteroatoms. The summed E-state index contributed by atoms with van der Waals surface area (Å²) in [6.07, 6.45) is 0. The zero-order valence-corrected chi connectivity index (χ0v) is 27.4. The minimum atomic E-state index is 0.583. The zero-order chi connectivity index (χ0) is 33.7. The Labute approximate surface area is 293 Å². The number of fused-ring (bicyclic) bond motifs is 7. The SMILES string of the molecule is c1ccc(-c2ccc3c4ccc(-c5nc(-c6ccccc6)nc(-c6ccc7ccccc7c6)n5)cc4c4oc(-c5ccccc5)nc4c3c2)cc1. The van der Waals surface area contributed by atoms with Crippen molar-refractivity contribution in [1.29, 1.82) is 0 Å². The average Bonchev–Trinajstić information content (AvgIpc) is 3.68. The van der Waals surface area contributed by atoms with Crippen LogP contribution < -0.4 is 0 Å². The molecule has 2 heterocycles. The fraction of sp³-hybridized carbons (Fsp3) is 0. The molecule has 0 spiro atoms. The van der Waals surface area contributed by atoms with E-state index < -0.39 is 0 Å². The minimum absolute atomic E-state index is 0.583. The summed E-state index contributed by atoms with van der Waals surface area (Å²) < 4.78 is 6.67. The van der Waals surface area contributed by atoms with Crippen molar-refractivity contribution < 1.29 is 4.42 Å². The molecular formula is C46H28N4O. The summed E-state index contributed by atoms with van der Waals surface area (Å²) in [6, 6.07) is 58.2. The van der Waals surface area contributed by atoms with Gasteiger partial charge in [0.2, 0.25) is 5.89 Å². The molecule has 0 unspecified atom stereocenters. The van der Waals surface area contributed by atoms with Crippen LogP contribution in [0.3, 0.4) is 0 Å². The summed E-state index contributed by atoms with van der Waals surface area (Å²) >= 11 is 0.